The third-order valence-corrected chi connectivity index (χ3v) is 3.95. The molecule has 2 rings (SSSR count). The molecule has 0 unspecified atom stereocenters. The zero-order valence-corrected chi connectivity index (χ0v) is 10.9. The third-order valence-electron chi connectivity index (χ3n) is 2.03. The van der Waals surface area contributed by atoms with Gasteiger partial charge in [-0.25, -0.2) is 9.37 Å². The molecule has 0 spiro atoms. The van der Waals surface area contributed by atoms with Crippen molar-refractivity contribution in [2.24, 2.45) is 0 Å². The second-order valence-electron chi connectivity index (χ2n) is 3.41. The van der Waals surface area contributed by atoms with E-state index in [9.17, 15) is 9.18 Å². The first kappa shape index (κ1) is 12.2. The highest BCUT2D eigenvalue weighted by Gasteiger charge is 2.12. The van der Waals surface area contributed by atoms with Crippen molar-refractivity contribution in [3.05, 3.63) is 35.4 Å². The second kappa shape index (κ2) is 4.93. The quantitative estimate of drug-likeness (QED) is 0.801. The Hall–Kier alpha value is -1.27. The van der Waals surface area contributed by atoms with Gasteiger partial charge in [0.2, 0.25) is 0 Å². The molecule has 1 aromatic heterocycles. The van der Waals surface area contributed by atoms with Crippen LogP contribution < -0.4 is 0 Å². The Morgan fingerprint density at radius 3 is 2.82 bits per heavy atom. The van der Waals surface area contributed by atoms with Gasteiger partial charge in [-0.1, -0.05) is 11.8 Å². The molecule has 0 saturated heterocycles. The number of nitrogens with zero attached hydrogens (tertiary/aromatic N) is 2. The highest BCUT2D eigenvalue weighted by atomic mass is 32.2. The predicted molar refractivity (Wildman–Crippen MR) is 65.2 cm³/mol. The Morgan fingerprint density at radius 1 is 1.47 bits per heavy atom. The number of benzene rings is 1. The summed E-state index contributed by atoms with van der Waals surface area (Å²) < 4.78 is 17.9. The summed E-state index contributed by atoms with van der Waals surface area (Å²) in [5.74, 6) is 0.130. The van der Waals surface area contributed by atoms with Crippen LogP contribution in [0.5, 0.6) is 0 Å². The Bertz CT molecular complexity index is 568. The number of rotatable bonds is 3. The largest absolute Gasteiger partial charge is 0.294 e. The summed E-state index contributed by atoms with van der Waals surface area (Å²) in [5, 5.41) is 0. The summed E-state index contributed by atoms with van der Waals surface area (Å²) in [7, 11) is 0. The molecule has 0 N–H and O–H groups in total. The summed E-state index contributed by atoms with van der Waals surface area (Å²) in [4.78, 5) is 16.3. The van der Waals surface area contributed by atoms with E-state index in [4.69, 9.17) is 0 Å². The molecule has 0 aliphatic rings. The Kier molecular flexibility index (Phi) is 3.54. The van der Waals surface area contributed by atoms with E-state index in [0.29, 0.717) is 16.3 Å². The number of carbonyl (C=O) groups excluding carboxylic acids is 1. The summed E-state index contributed by atoms with van der Waals surface area (Å²) in [6, 6.07) is 4.18. The highest BCUT2D eigenvalue weighted by Crippen LogP contribution is 2.32. The normalized spacial score (nSPS) is 10.5. The van der Waals surface area contributed by atoms with Gasteiger partial charge in [0.15, 0.2) is 10.1 Å². The molecule has 17 heavy (non-hydrogen) atoms. The lowest BCUT2D eigenvalue weighted by Gasteiger charge is -2.04. The Morgan fingerprint density at radius 2 is 2.24 bits per heavy atom. The molecule has 0 saturated carbocycles. The van der Waals surface area contributed by atoms with Gasteiger partial charge in [0.05, 0.1) is 0 Å². The van der Waals surface area contributed by atoms with Gasteiger partial charge in [-0.3, -0.25) is 4.79 Å². The van der Waals surface area contributed by atoms with E-state index in [1.165, 1.54) is 42.4 Å². The summed E-state index contributed by atoms with van der Waals surface area (Å²) in [6.07, 6.45) is 0. The smallest absolute Gasteiger partial charge is 0.174 e. The number of aromatic nitrogens is 2. The SMILES string of the molecule is CC(=O)c1cc(F)ccc1Sc1nc(C)ns1. The van der Waals surface area contributed by atoms with Gasteiger partial charge in [0.25, 0.3) is 0 Å². The van der Waals surface area contributed by atoms with Crippen LogP contribution in [0.4, 0.5) is 4.39 Å². The van der Waals surface area contributed by atoms with Gasteiger partial charge in [0.1, 0.15) is 11.6 Å². The lowest BCUT2D eigenvalue weighted by atomic mass is 10.1. The fourth-order valence-electron chi connectivity index (χ4n) is 1.28. The number of hydrogen-bond acceptors (Lipinski definition) is 5. The molecule has 88 valence electrons. The van der Waals surface area contributed by atoms with Crippen LogP contribution in [-0.2, 0) is 0 Å². The van der Waals surface area contributed by atoms with Gasteiger partial charge in [-0.15, -0.1) is 0 Å². The van der Waals surface area contributed by atoms with Crippen molar-refractivity contribution in [1.82, 2.24) is 9.36 Å². The van der Waals surface area contributed by atoms with Gasteiger partial charge in [0, 0.05) is 10.5 Å². The molecular formula is C11H9FN2OS2. The van der Waals surface area contributed by atoms with Crippen molar-refractivity contribution >= 4 is 29.1 Å². The molecule has 1 heterocycles. The molecule has 0 fully saturated rings. The van der Waals surface area contributed by atoms with Gasteiger partial charge in [-0.05, 0) is 43.6 Å². The van der Waals surface area contributed by atoms with E-state index in [-0.39, 0.29) is 5.78 Å². The van der Waals surface area contributed by atoms with Gasteiger partial charge >= 0.3 is 0 Å². The van der Waals surface area contributed by atoms with Crippen LogP contribution in [0, 0.1) is 12.7 Å². The van der Waals surface area contributed by atoms with Crippen LogP contribution in [-0.4, -0.2) is 15.1 Å². The van der Waals surface area contributed by atoms with Crippen LogP contribution in [0.15, 0.2) is 27.4 Å². The van der Waals surface area contributed by atoms with E-state index < -0.39 is 5.82 Å². The molecule has 1 aromatic carbocycles. The Balaban J connectivity index is 2.35. The van der Waals surface area contributed by atoms with Crippen LogP contribution in [0.1, 0.15) is 23.1 Å². The number of hydrogen-bond donors (Lipinski definition) is 0. The average molecular weight is 268 g/mol. The molecular weight excluding hydrogens is 259 g/mol. The number of aryl methyl sites for hydroxylation is 1. The number of Topliss-reactive ketones (excluding diaryl/α,β-unsaturated/α-hetero) is 1. The van der Waals surface area contributed by atoms with Crippen molar-refractivity contribution in [2.45, 2.75) is 23.1 Å². The van der Waals surface area contributed by atoms with Crippen molar-refractivity contribution in [3.63, 3.8) is 0 Å². The van der Waals surface area contributed by atoms with Crippen molar-refractivity contribution in [2.75, 3.05) is 0 Å². The lowest BCUT2D eigenvalue weighted by molar-refractivity contribution is 0.101. The van der Waals surface area contributed by atoms with Crippen molar-refractivity contribution in [3.8, 4) is 0 Å². The minimum absolute atomic E-state index is 0.159. The molecule has 0 atom stereocenters. The standard InChI is InChI=1S/C11H9FN2OS2/c1-6(15)9-5-8(12)3-4-10(9)16-11-13-7(2)14-17-11/h3-5H,1-2H3. The first-order chi connectivity index (χ1) is 8.06. The minimum atomic E-state index is -0.409. The molecule has 0 aliphatic carbocycles. The fourth-order valence-corrected chi connectivity index (χ4v) is 3.05. The molecule has 3 nitrogen and oxygen atoms in total. The van der Waals surface area contributed by atoms with E-state index in [1.54, 1.807) is 13.0 Å². The van der Waals surface area contributed by atoms with E-state index >= 15 is 0 Å². The average Bonchev–Trinajstić information content (AvgIpc) is 2.66. The maximum absolute atomic E-state index is 13.1. The second-order valence-corrected chi connectivity index (χ2v) is 5.45. The monoisotopic (exact) mass is 268 g/mol. The summed E-state index contributed by atoms with van der Waals surface area (Å²) in [5.41, 5.74) is 0.378. The first-order valence-electron chi connectivity index (χ1n) is 4.85. The first-order valence-corrected chi connectivity index (χ1v) is 6.44. The minimum Gasteiger partial charge on any atom is -0.294 e. The highest BCUT2D eigenvalue weighted by molar-refractivity contribution is 8.01. The molecule has 0 aliphatic heterocycles. The van der Waals surface area contributed by atoms with Crippen LogP contribution >= 0.6 is 23.3 Å². The topological polar surface area (TPSA) is 42.9 Å². The fraction of sp³-hybridized carbons (Fsp3) is 0.182. The van der Waals surface area contributed by atoms with Crippen molar-refractivity contribution in [1.29, 1.82) is 0 Å². The molecule has 0 bridgehead atoms. The molecule has 2 aromatic rings. The zero-order valence-electron chi connectivity index (χ0n) is 9.23. The molecule has 0 amide bonds. The van der Waals surface area contributed by atoms with Crippen LogP contribution in [0.3, 0.4) is 0 Å². The summed E-state index contributed by atoms with van der Waals surface area (Å²) >= 11 is 2.60. The van der Waals surface area contributed by atoms with Crippen LogP contribution in [0.2, 0.25) is 0 Å². The molecule has 0 radical (unpaired) electrons. The third kappa shape index (κ3) is 2.89. The number of halogens is 1. The maximum atomic E-state index is 13.1. The number of ketones is 1. The van der Waals surface area contributed by atoms with Crippen molar-refractivity contribution < 1.29 is 9.18 Å². The van der Waals surface area contributed by atoms with E-state index in [2.05, 4.69) is 9.36 Å². The van der Waals surface area contributed by atoms with E-state index in [1.807, 2.05) is 0 Å². The zero-order chi connectivity index (χ0) is 12.4. The van der Waals surface area contributed by atoms with Gasteiger partial charge < -0.3 is 0 Å². The van der Waals surface area contributed by atoms with Crippen LogP contribution in [0.25, 0.3) is 0 Å². The summed E-state index contributed by atoms with van der Waals surface area (Å²) in [6.45, 7) is 3.22. The maximum Gasteiger partial charge on any atom is 0.174 e. The molecule has 6 heteroatoms. The number of carbonyl (C=O) groups is 1. The lowest BCUT2D eigenvalue weighted by Crippen LogP contribution is -1.96. The van der Waals surface area contributed by atoms with E-state index in [0.717, 1.165) is 4.34 Å². The predicted octanol–water partition coefficient (Wildman–Crippen LogP) is 3.34. The van der Waals surface area contributed by atoms with Gasteiger partial charge in [-0.2, -0.15) is 4.37 Å². The Labute approximate surface area is 106 Å².